The van der Waals surface area contributed by atoms with Gasteiger partial charge in [0.1, 0.15) is 23.8 Å². The number of carbonyl (C=O) groups is 2. The van der Waals surface area contributed by atoms with E-state index in [-0.39, 0.29) is 35.7 Å². The number of fused-ring (bicyclic) bond motifs is 1. The van der Waals surface area contributed by atoms with E-state index in [0.29, 0.717) is 24.9 Å². The maximum absolute atomic E-state index is 16.1. The summed E-state index contributed by atoms with van der Waals surface area (Å²) in [5.41, 5.74) is -2.14. The molecule has 0 aromatic heterocycles. The summed E-state index contributed by atoms with van der Waals surface area (Å²) < 4.78 is 49.2. The standard InChI is InChI=1S/C32H32ClF2NO7/c1-31(2,3)43-30(40)36-13-7-10-24(36)32(18-8-5-4-6-9-18)17-20-23(42-32)16-21(34)27(33)25(20)26-19(29(38)39)11-12-22(28(26)35)41-15-14-37/h4-6,8-9,11-12,16,24,37H,7,10,13-15,17H2,1-3H3,(H,38,39)/t24-,32-/m0/s1. The van der Waals surface area contributed by atoms with Gasteiger partial charge < -0.3 is 29.3 Å². The van der Waals surface area contributed by atoms with Crippen molar-refractivity contribution in [2.75, 3.05) is 19.8 Å². The number of rotatable bonds is 7. The van der Waals surface area contributed by atoms with Crippen LogP contribution in [-0.4, -0.2) is 58.6 Å². The molecule has 0 spiro atoms. The van der Waals surface area contributed by atoms with Crippen LogP contribution in [0.1, 0.15) is 55.1 Å². The lowest BCUT2D eigenvalue weighted by atomic mass is 9.79. The third kappa shape index (κ3) is 5.61. The summed E-state index contributed by atoms with van der Waals surface area (Å²) in [6.45, 7) is 5.06. The molecule has 1 saturated heterocycles. The Balaban J connectivity index is 1.71. The predicted molar refractivity (Wildman–Crippen MR) is 155 cm³/mol. The van der Waals surface area contributed by atoms with Gasteiger partial charge in [-0.15, -0.1) is 0 Å². The molecule has 11 heteroatoms. The van der Waals surface area contributed by atoms with Crippen molar-refractivity contribution < 1.29 is 42.8 Å². The number of carbonyl (C=O) groups excluding carboxylic acids is 1. The zero-order valence-corrected chi connectivity index (χ0v) is 24.7. The third-order valence-corrected chi connectivity index (χ3v) is 8.00. The quantitative estimate of drug-likeness (QED) is 0.309. The molecule has 3 aromatic carbocycles. The van der Waals surface area contributed by atoms with Crippen molar-refractivity contribution in [3.8, 4) is 22.6 Å². The average molecular weight is 616 g/mol. The van der Waals surface area contributed by atoms with E-state index < -0.39 is 63.7 Å². The highest BCUT2D eigenvalue weighted by molar-refractivity contribution is 6.34. The monoisotopic (exact) mass is 615 g/mol. The van der Waals surface area contributed by atoms with Crippen LogP contribution in [0.5, 0.6) is 11.5 Å². The van der Waals surface area contributed by atoms with Crippen LogP contribution in [0.4, 0.5) is 13.6 Å². The molecule has 2 atom stereocenters. The number of aliphatic hydroxyl groups excluding tert-OH is 1. The fraction of sp³-hybridized carbons (Fsp3) is 0.375. The van der Waals surface area contributed by atoms with Gasteiger partial charge in [-0.1, -0.05) is 41.9 Å². The Bertz CT molecular complexity index is 1560. The van der Waals surface area contributed by atoms with E-state index in [1.165, 1.54) is 0 Å². The summed E-state index contributed by atoms with van der Waals surface area (Å²) in [5.74, 6) is -3.75. The number of carboxylic acids is 1. The first-order valence-electron chi connectivity index (χ1n) is 13.9. The van der Waals surface area contributed by atoms with E-state index in [0.717, 1.165) is 18.2 Å². The van der Waals surface area contributed by atoms with Crippen LogP contribution in [0.15, 0.2) is 48.5 Å². The van der Waals surface area contributed by atoms with Crippen molar-refractivity contribution in [2.45, 2.75) is 57.3 Å². The van der Waals surface area contributed by atoms with E-state index in [9.17, 15) is 19.8 Å². The number of hydrogen-bond donors (Lipinski definition) is 2. The number of halogens is 3. The number of likely N-dealkylation sites (tertiary alicyclic amines) is 1. The Morgan fingerprint density at radius 3 is 2.51 bits per heavy atom. The summed E-state index contributed by atoms with van der Waals surface area (Å²) >= 11 is 6.51. The second-order valence-electron chi connectivity index (χ2n) is 11.6. The van der Waals surface area contributed by atoms with Crippen LogP contribution in [0.2, 0.25) is 5.02 Å². The first-order chi connectivity index (χ1) is 20.4. The lowest BCUT2D eigenvalue weighted by Gasteiger charge is -2.40. The van der Waals surface area contributed by atoms with Gasteiger partial charge in [-0.25, -0.2) is 18.4 Å². The van der Waals surface area contributed by atoms with Crippen molar-refractivity contribution in [2.24, 2.45) is 0 Å². The molecule has 0 saturated carbocycles. The highest BCUT2D eigenvalue weighted by Gasteiger charge is 2.54. The molecule has 3 aromatic rings. The van der Waals surface area contributed by atoms with Gasteiger partial charge in [0.15, 0.2) is 17.2 Å². The Labute approximate surface area is 252 Å². The van der Waals surface area contributed by atoms with Crippen molar-refractivity contribution >= 4 is 23.7 Å². The fourth-order valence-corrected chi connectivity index (χ4v) is 6.22. The minimum Gasteiger partial charge on any atom is -0.488 e. The van der Waals surface area contributed by atoms with E-state index in [4.69, 9.17) is 25.8 Å². The zero-order valence-electron chi connectivity index (χ0n) is 24.0. The molecule has 1 amide bonds. The van der Waals surface area contributed by atoms with E-state index in [2.05, 4.69) is 0 Å². The van der Waals surface area contributed by atoms with Crippen LogP contribution in [0.25, 0.3) is 11.1 Å². The molecule has 0 unspecified atom stereocenters. The Hall–Kier alpha value is -3.89. The molecule has 8 nitrogen and oxygen atoms in total. The number of aromatic carboxylic acids is 1. The number of nitrogens with zero attached hydrogens (tertiary/aromatic N) is 1. The number of amides is 1. The van der Waals surface area contributed by atoms with Gasteiger partial charge in [-0.3, -0.25) is 0 Å². The molecule has 228 valence electrons. The van der Waals surface area contributed by atoms with Crippen molar-refractivity contribution in [1.82, 2.24) is 4.90 Å². The molecular weight excluding hydrogens is 584 g/mol. The molecule has 2 N–H and O–H groups in total. The van der Waals surface area contributed by atoms with Gasteiger partial charge in [0, 0.05) is 35.7 Å². The minimum absolute atomic E-state index is 0.0197. The maximum Gasteiger partial charge on any atom is 0.410 e. The molecule has 0 radical (unpaired) electrons. The van der Waals surface area contributed by atoms with Gasteiger partial charge in [0.2, 0.25) is 0 Å². The SMILES string of the molecule is CC(C)(C)OC(=O)N1CCC[C@H]1[C@@]1(c2ccccc2)Cc2c(cc(F)c(Cl)c2-c2c(C(=O)O)ccc(OCCO)c2F)O1. The smallest absolute Gasteiger partial charge is 0.410 e. The van der Waals surface area contributed by atoms with E-state index in [1.54, 1.807) is 25.7 Å². The van der Waals surface area contributed by atoms with E-state index >= 15 is 8.78 Å². The van der Waals surface area contributed by atoms with Crippen LogP contribution in [0.3, 0.4) is 0 Å². The molecule has 0 aliphatic carbocycles. The average Bonchev–Trinajstić information content (AvgIpc) is 3.59. The van der Waals surface area contributed by atoms with Crippen molar-refractivity contribution in [3.05, 3.63) is 81.9 Å². The van der Waals surface area contributed by atoms with Crippen LogP contribution in [0, 0.1) is 11.6 Å². The third-order valence-electron chi connectivity index (χ3n) is 7.63. The molecule has 2 aliphatic rings. The highest BCUT2D eigenvalue weighted by atomic mass is 35.5. The van der Waals surface area contributed by atoms with Gasteiger partial charge in [-0.2, -0.15) is 0 Å². The molecule has 0 bridgehead atoms. The first kappa shape index (κ1) is 30.6. The summed E-state index contributed by atoms with van der Waals surface area (Å²) in [7, 11) is 0. The number of aliphatic hydroxyl groups is 1. The Morgan fingerprint density at radius 1 is 1.14 bits per heavy atom. The van der Waals surface area contributed by atoms with Crippen LogP contribution >= 0.6 is 11.6 Å². The van der Waals surface area contributed by atoms with Crippen LogP contribution in [-0.2, 0) is 16.8 Å². The number of ether oxygens (including phenoxy) is 3. The molecule has 1 fully saturated rings. The summed E-state index contributed by atoms with van der Waals surface area (Å²) in [6.07, 6.45) is 0.684. The zero-order chi connectivity index (χ0) is 31.1. The highest BCUT2D eigenvalue weighted by Crippen LogP contribution is 2.53. The lowest BCUT2D eigenvalue weighted by Crippen LogP contribution is -2.53. The molecule has 5 rings (SSSR count). The Kier molecular flexibility index (Phi) is 8.28. The summed E-state index contributed by atoms with van der Waals surface area (Å²) in [5, 5.41) is 18.7. The molecule has 43 heavy (non-hydrogen) atoms. The van der Waals surface area contributed by atoms with Gasteiger partial charge >= 0.3 is 12.1 Å². The number of hydrogen-bond acceptors (Lipinski definition) is 6. The van der Waals surface area contributed by atoms with Crippen LogP contribution < -0.4 is 9.47 Å². The second-order valence-corrected chi connectivity index (χ2v) is 11.9. The number of carboxylic acid groups (broad SMARTS) is 1. The topological polar surface area (TPSA) is 106 Å². The maximum atomic E-state index is 16.1. The van der Waals surface area contributed by atoms with Gasteiger partial charge in [-0.05, 0) is 51.3 Å². The van der Waals surface area contributed by atoms with Gasteiger partial charge in [0.25, 0.3) is 0 Å². The molecular formula is C32H32ClF2NO7. The number of benzene rings is 3. The summed E-state index contributed by atoms with van der Waals surface area (Å²) in [4.78, 5) is 27.3. The van der Waals surface area contributed by atoms with Crippen molar-refractivity contribution in [3.63, 3.8) is 0 Å². The van der Waals surface area contributed by atoms with Crippen molar-refractivity contribution in [1.29, 1.82) is 0 Å². The minimum atomic E-state index is -1.46. The summed E-state index contributed by atoms with van der Waals surface area (Å²) in [6, 6.07) is 11.9. The second kappa shape index (κ2) is 11.7. The fourth-order valence-electron chi connectivity index (χ4n) is 5.96. The predicted octanol–water partition coefficient (Wildman–Crippen LogP) is 6.58. The first-order valence-corrected chi connectivity index (χ1v) is 14.3. The normalized spacial score (nSPS) is 19.6. The van der Waals surface area contributed by atoms with E-state index in [1.807, 2.05) is 30.3 Å². The largest absolute Gasteiger partial charge is 0.488 e. The Morgan fingerprint density at radius 2 is 1.86 bits per heavy atom. The molecule has 2 heterocycles. The van der Waals surface area contributed by atoms with Gasteiger partial charge in [0.05, 0.1) is 23.2 Å². The lowest BCUT2D eigenvalue weighted by molar-refractivity contribution is -0.0216. The molecule has 2 aliphatic heterocycles.